The monoisotopic (exact) mass is 337 g/mol. The van der Waals surface area contributed by atoms with E-state index in [9.17, 15) is 5.11 Å². The number of rotatable bonds is 3. The zero-order valence-corrected chi connectivity index (χ0v) is 15.9. The number of nitrogens with zero attached hydrogens (tertiary/aromatic N) is 2. The van der Waals surface area contributed by atoms with Gasteiger partial charge in [-0.2, -0.15) is 0 Å². The molecule has 0 saturated heterocycles. The van der Waals surface area contributed by atoms with Gasteiger partial charge in [-0.25, -0.2) is 0 Å². The Morgan fingerprint density at radius 1 is 1.12 bits per heavy atom. The molecule has 0 bridgehead atoms. The van der Waals surface area contributed by atoms with Gasteiger partial charge in [0.1, 0.15) is 11.9 Å². The summed E-state index contributed by atoms with van der Waals surface area (Å²) in [4.78, 5) is 7.47. The van der Waals surface area contributed by atoms with Crippen molar-refractivity contribution in [3.05, 3.63) is 53.0 Å². The fourth-order valence-corrected chi connectivity index (χ4v) is 2.45. The molecule has 0 aliphatic rings. The van der Waals surface area contributed by atoms with Gasteiger partial charge in [-0.05, 0) is 43.9 Å². The molecule has 2 rings (SSSR count). The molecule has 1 aromatic heterocycles. The van der Waals surface area contributed by atoms with Gasteiger partial charge in [-0.3, -0.25) is 0 Å². The van der Waals surface area contributed by atoms with Crippen LogP contribution in [-0.2, 0) is 12.0 Å². The van der Waals surface area contributed by atoms with E-state index >= 15 is 0 Å². The summed E-state index contributed by atoms with van der Waals surface area (Å²) in [7, 11) is 0. The highest BCUT2D eigenvalue weighted by atomic mass is 16.3. The molecule has 0 fully saturated rings. The Morgan fingerprint density at radius 3 is 2.28 bits per heavy atom. The predicted molar refractivity (Wildman–Crippen MR) is 103 cm³/mol. The van der Waals surface area contributed by atoms with Crippen molar-refractivity contribution in [3.8, 4) is 16.9 Å². The van der Waals surface area contributed by atoms with E-state index in [1.54, 1.807) is 12.3 Å². The van der Waals surface area contributed by atoms with Crippen molar-refractivity contribution >= 4 is 5.82 Å². The molecule has 0 atom stereocenters. The topological polar surface area (TPSA) is 49.5 Å². The summed E-state index contributed by atoms with van der Waals surface area (Å²) in [5.74, 6) is 0.618. The van der Waals surface area contributed by atoms with Crippen LogP contribution in [0.1, 0.15) is 52.7 Å². The van der Waals surface area contributed by atoms with Crippen molar-refractivity contribution in [2.45, 2.75) is 59.0 Å². The second-order valence-electron chi connectivity index (χ2n) is 8.40. The van der Waals surface area contributed by atoms with E-state index in [-0.39, 0.29) is 16.7 Å². The fraction of sp³-hybridized carbons (Fsp3) is 0.429. The predicted octanol–water partition coefficient (Wildman–Crippen LogP) is 5.19. The third kappa shape index (κ3) is 4.80. The average Bonchev–Trinajstić information content (AvgIpc) is 2.52. The van der Waals surface area contributed by atoms with Crippen molar-refractivity contribution in [2.75, 3.05) is 0 Å². The first-order valence-electron chi connectivity index (χ1n) is 8.46. The number of pyridine rings is 1. The largest absolute Gasteiger partial charge is 0.507 e. The summed E-state index contributed by atoms with van der Waals surface area (Å²) in [5, 5.41) is 14.3. The lowest BCUT2D eigenvalue weighted by Crippen LogP contribution is -2.35. The lowest BCUT2D eigenvalue weighted by molar-refractivity contribution is 0.411. The first-order chi connectivity index (χ1) is 11.5. The van der Waals surface area contributed by atoms with Gasteiger partial charge in [-0.15, -0.1) is 4.98 Å². The molecular formula is C21H27N3O. The zero-order chi connectivity index (χ0) is 18.8. The fourth-order valence-electron chi connectivity index (χ4n) is 2.45. The number of benzene rings is 1. The van der Waals surface area contributed by atoms with Crippen LogP contribution in [-0.4, -0.2) is 15.6 Å². The maximum Gasteiger partial charge on any atom is 0.269 e. The lowest BCUT2D eigenvalue weighted by atomic mass is 9.83. The Labute approximate surface area is 150 Å². The molecule has 0 saturated carbocycles. The van der Waals surface area contributed by atoms with Crippen molar-refractivity contribution in [1.82, 2.24) is 10.3 Å². The summed E-state index contributed by atoms with van der Waals surface area (Å²) in [6, 6.07) is 7.60. The van der Waals surface area contributed by atoms with Crippen molar-refractivity contribution in [3.63, 3.8) is 0 Å². The van der Waals surface area contributed by atoms with Gasteiger partial charge in [0, 0.05) is 28.8 Å². The van der Waals surface area contributed by atoms with E-state index in [4.69, 9.17) is 6.57 Å². The highest BCUT2D eigenvalue weighted by molar-refractivity contribution is 5.73. The van der Waals surface area contributed by atoms with Crippen LogP contribution in [0.3, 0.4) is 0 Å². The van der Waals surface area contributed by atoms with Gasteiger partial charge in [-0.1, -0.05) is 39.5 Å². The number of aromatic nitrogens is 1. The molecule has 0 unspecified atom stereocenters. The molecule has 0 aliphatic heterocycles. The van der Waals surface area contributed by atoms with E-state index in [1.165, 1.54) is 0 Å². The summed E-state index contributed by atoms with van der Waals surface area (Å²) in [5.41, 5.74) is 3.51. The Balaban J connectivity index is 2.55. The molecule has 0 spiro atoms. The standard InChI is InChI=1S/C21H27N3O/c1-20(2,3)16-10-15(13-24-21(4,5)6)19(25)17(11-16)14-8-9-18(22-7)23-12-14/h8-12,24-25H,13H2,1-6H3. The molecule has 4 nitrogen and oxygen atoms in total. The minimum absolute atomic E-state index is 0.0385. The van der Waals surface area contributed by atoms with Crippen LogP contribution in [0.25, 0.3) is 16.0 Å². The number of hydrogen-bond acceptors (Lipinski definition) is 3. The quantitative estimate of drug-likeness (QED) is 0.758. The molecule has 1 aromatic carbocycles. The number of hydrogen-bond donors (Lipinski definition) is 2. The van der Waals surface area contributed by atoms with Crippen LogP contribution in [0.4, 0.5) is 5.82 Å². The van der Waals surface area contributed by atoms with Gasteiger partial charge in [0.15, 0.2) is 0 Å². The maximum absolute atomic E-state index is 10.8. The van der Waals surface area contributed by atoms with Gasteiger partial charge >= 0.3 is 0 Å². The minimum Gasteiger partial charge on any atom is -0.507 e. The Hall–Kier alpha value is -2.38. The van der Waals surface area contributed by atoms with Gasteiger partial charge in [0.2, 0.25) is 0 Å². The third-order valence-corrected chi connectivity index (χ3v) is 4.04. The van der Waals surface area contributed by atoms with Gasteiger partial charge < -0.3 is 15.3 Å². The Kier molecular flexibility index (Phi) is 5.20. The van der Waals surface area contributed by atoms with E-state index in [0.29, 0.717) is 12.4 Å². The molecule has 2 aromatic rings. The van der Waals surface area contributed by atoms with Gasteiger partial charge in [0.25, 0.3) is 5.82 Å². The molecule has 0 radical (unpaired) electrons. The van der Waals surface area contributed by atoms with Crippen molar-refractivity contribution in [1.29, 1.82) is 0 Å². The molecule has 0 amide bonds. The van der Waals surface area contributed by atoms with Crippen LogP contribution < -0.4 is 5.32 Å². The van der Waals surface area contributed by atoms with Crippen LogP contribution in [0.5, 0.6) is 5.75 Å². The summed E-state index contributed by atoms with van der Waals surface area (Å²) in [6.45, 7) is 20.4. The van der Waals surface area contributed by atoms with Crippen molar-refractivity contribution < 1.29 is 5.11 Å². The summed E-state index contributed by atoms with van der Waals surface area (Å²) < 4.78 is 0. The second-order valence-corrected chi connectivity index (χ2v) is 8.40. The van der Waals surface area contributed by atoms with Crippen molar-refractivity contribution in [2.24, 2.45) is 0 Å². The molecule has 1 heterocycles. The first kappa shape index (κ1) is 19.0. The minimum atomic E-state index is -0.0389. The van der Waals surface area contributed by atoms with E-state index in [2.05, 4.69) is 62.8 Å². The van der Waals surface area contributed by atoms with Crippen LogP contribution in [0.2, 0.25) is 0 Å². The molecule has 0 aliphatic carbocycles. The molecule has 25 heavy (non-hydrogen) atoms. The first-order valence-corrected chi connectivity index (χ1v) is 8.46. The molecule has 2 N–H and O–H groups in total. The number of aromatic hydroxyl groups is 1. The maximum atomic E-state index is 10.8. The van der Waals surface area contributed by atoms with Gasteiger partial charge in [0.05, 0.1) is 0 Å². The highest BCUT2D eigenvalue weighted by Crippen LogP contribution is 2.37. The third-order valence-electron chi connectivity index (χ3n) is 4.04. The molecule has 132 valence electrons. The number of nitrogens with one attached hydrogen (secondary N) is 1. The number of phenolic OH excluding ortho intramolecular Hbond substituents is 1. The second kappa shape index (κ2) is 6.85. The van der Waals surface area contributed by atoms with Crippen LogP contribution in [0, 0.1) is 6.57 Å². The average molecular weight is 337 g/mol. The van der Waals surface area contributed by atoms with E-state index in [1.807, 2.05) is 12.1 Å². The smallest absolute Gasteiger partial charge is 0.269 e. The van der Waals surface area contributed by atoms with Crippen LogP contribution >= 0.6 is 0 Å². The lowest BCUT2D eigenvalue weighted by Gasteiger charge is -2.25. The highest BCUT2D eigenvalue weighted by Gasteiger charge is 2.21. The SMILES string of the molecule is [C-]#[N+]c1ccc(-c2cc(C(C)(C)C)cc(CNC(C)(C)C)c2O)cn1. The summed E-state index contributed by atoms with van der Waals surface area (Å²) in [6.07, 6.45) is 1.65. The Bertz CT molecular complexity index is 788. The summed E-state index contributed by atoms with van der Waals surface area (Å²) >= 11 is 0. The normalized spacial score (nSPS) is 12.0. The van der Waals surface area contributed by atoms with E-state index < -0.39 is 0 Å². The molecule has 4 heteroatoms. The Morgan fingerprint density at radius 2 is 1.80 bits per heavy atom. The van der Waals surface area contributed by atoms with Crippen LogP contribution in [0.15, 0.2) is 30.5 Å². The molecular weight excluding hydrogens is 310 g/mol. The zero-order valence-electron chi connectivity index (χ0n) is 15.9. The number of phenols is 1. The van der Waals surface area contributed by atoms with E-state index in [0.717, 1.165) is 22.3 Å².